The lowest BCUT2D eigenvalue weighted by atomic mass is 10.1. The number of benzene rings is 1. The fraction of sp³-hybridized carbons (Fsp3) is 0. The first-order chi connectivity index (χ1) is 10.3. The van der Waals surface area contributed by atoms with Gasteiger partial charge in [-0.05, 0) is 23.6 Å². The van der Waals surface area contributed by atoms with Crippen LogP contribution in [0, 0.1) is 0 Å². The van der Waals surface area contributed by atoms with Crippen molar-refractivity contribution in [2.75, 3.05) is 0 Å². The van der Waals surface area contributed by atoms with E-state index in [1.54, 1.807) is 17.6 Å². The molecule has 0 amide bonds. The van der Waals surface area contributed by atoms with Gasteiger partial charge >= 0.3 is 0 Å². The van der Waals surface area contributed by atoms with E-state index in [0.717, 1.165) is 37.2 Å². The first kappa shape index (κ1) is 12.7. The molecule has 0 bridgehead atoms. The molecule has 4 rings (SSSR count). The van der Waals surface area contributed by atoms with Gasteiger partial charge in [-0.25, -0.2) is 0 Å². The van der Waals surface area contributed by atoms with Crippen molar-refractivity contribution >= 4 is 38.2 Å². The number of thiophene rings is 1. The second kappa shape index (κ2) is 5.05. The summed E-state index contributed by atoms with van der Waals surface area (Å²) >= 11 is 5.04. The summed E-state index contributed by atoms with van der Waals surface area (Å²) in [6.07, 6.45) is 1.62. The Morgan fingerprint density at radius 1 is 1.00 bits per heavy atom. The minimum absolute atomic E-state index is 0.741. The molecule has 6 heteroatoms. The van der Waals surface area contributed by atoms with Crippen LogP contribution in [0.25, 0.3) is 32.7 Å². The molecule has 0 aliphatic heterocycles. The molecule has 1 aromatic carbocycles. The van der Waals surface area contributed by atoms with E-state index in [4.69, 9.17) is 4.52 Å². The second-order valence-electron chi connectivity index (χ2n) is 4.46. The van der Waals surface area contributed by atoms with Crippen LogP contribution in [0.4, 0.5) is 0 Å². The van der Waals surface area contributed by atoms with Gasteiger partial charge in [0.25, 0.3) is 0 Å². The van der Waals surface area contributed by atoms with Gasteiger partial charge < -0.3 is 4.52 Å². The third kappa shape index (κ3) is 2.16. The van der Waals surface area contributed by atoms with Gasteiger partial charge in [0.1, 0.15) is 23.2 Å². The van der Waals surface area contributed by atoms with E-state index in [-0.39, 0.29) is 0 Å². The lowest BCUT2D eigenvalue weighted by Crippen LogP contribution is -1.92. The summed E-state index contributed by atoms with van der Waals surface area (Å²) in [5.41, 5.74) is 3.26. The van der Waals surface area contributed by atoms with E-state index >= 15 is 0 Å². The van der Waals surface area contributed by atoms with Crippen LogP contribution < -0.4 is 0 Å². The van der Waals surface area contributed by atoms with Crippen molar-refractivity contribution in [3.05, 3.63) is 52.5 Å². The SMILES string of the molecule is Brc1ccc(-c2nnc(-c3cccs3)c3nocc23)cc1. The fourth-order valence-corrected chi connectivity index (χ4v) is 3.15. The summed E-state index contributed by atoms with van der Waals surface area (Å²) in [7, 11) is 0. The van der Waals surface area contributed by atoms with Crippen molar-refractivity contribution < 1.29 is 4.52 Å². The van der Waals surface area contributed by atoms with Gasteiger partial charge in [0.15, 0.2) is 0 Å². The molecule has 4 aromatic rings. The number of halogens is 1. The zero-order chi connectivity index (χ0) is 14.2. The van der Waals surface area contributed by atoms with Crippen LogP contribution in [0.3, 0.4) is 0 Å². The Kier molecular flexibility index (Phi) is 3.05. The van der Waals surface area contributed by atoms with Crippen molar-refractivity contribution in [1.29, 1.82) is 0 Å². The topological polar surface area (TPSA) is 51.8 Å². The Balaban J connectivity index is 1.95. The zero-order valence-electron chi connectivity index (χ0n) is 10.7. The summed E-state index contributed by atoms with van der Waals surface area (Å²) in [6, 6.07) is 11.9. The number of hydrogen-bond acceptors (Lipinski definition) is 5. The van der Waals surface area contributed by atoms with Crippen molar-refractivity contribution in [2.24, 2.45) is 0 Å². The minimum Gasteiger partial charge on any atom is -0.363 e. The molecule has 4 nitrogen and oxygen atoms in total. The maximum atomic E-state index is 5.15. The Morgan fingerprint density at radius 2 is 1.81 bits per heavy atom. The van der Waals surface area contributed by atoms with Crippen LogP contribution in [-0.2, 0) is 0 Å². The summed E-state index contributed by atoms with van der Waals surface area (Å²) in [4.78, 5) is 1.03. The molecule has 0 saturated carbocycles. The van der Waals surface area contributed by atoms with Gasteiger partial charge in [-0.15, -0.1) is 21.5 Å². The third-order valence-corrected chi connectivity index (χ3v) is 4.58. The van der Waals surface area contributed by atoms with Gasteiger partial charge in [-0.3, -0.25) is 0 Å². The van der Waals surface area contributed by atoms with Crippen molar-refractivity contribution in [3.8, 4) is 21.8 Å². The lowest BCUT2D eigenvalue weighted by molar-refractivity contribution is 0.428. The highest BCUT2D eigenvalue weighted by Gasteiger charge is 2.16. The van der Waals surface area contributed by atoms with Crippen LogP contribution in [-0.4, -0.2) is 15.4 Å². The molecule has 0 aliphatic rings. The summed E-state index contributed by atoms with van der Waals surface area (Å²) < 4.78 is 6.18. The van der Waals surface area contributed by atoms with Gasteiger partial charge in [0.05, 0.1) is 10.3 Å². The van der Waals surface area contributed by atoms with Crippen molar-refractivity contribution in [3.63, 3.8) is 0 Å². The minimum atomic E-state index is 0.741. The molecule has 102 valence electrons. The maximum absolute atomic E-state index is 5.15. The van der Waals surface area contributed by atoms with Gasteiger partial charge in [0.2, 0.25) is 0 Å². The fourth-order valence-electron chi connectivity index (χ4n) is 2.18. The number of rotatable bonds is 2. The average molecular weight is 358 g/mol. The van der Waals surface area contributed by atoms with Crippen LogP contribution >= 0.6 is 27.3 Å². The highest BCUT2D eigenvalue weighted by molar-refractivity contribution is 9.10. The Hall–Kier alpha value is -2.05. The van der Waals surface area contributed by atoms with Gasteiger partial charge in [0, 0.05) is 10.0 Å². The highest BCUT2D eigenvalue weighted by Crippen LogP contribution is 2.33. The van der Waals surface area contributed by atoms with E-state index in [1.807, 2.05) is 41.8 Å². The number of fused-ring (bicyclic) bond motifs is 1. The molecule has 0 fully saturated rings. The molecular formula is C15H8BrN3OS. The van der Waals surface area contributed by atoms with E-state index in [2.05, 4.69) is 31.3 Å². The van der Waals surface area contributed by atoms with Crippen LogP contribution in [0.2, 0.25) is 0 Å². The predicted molar refractivity (Wildman–Crippen MR) is 86.0 cm³/mol. The monoisotopic (exact) mass is 357 g/mol. The van der Waals surface area contributed by atoms with Gasteiger partial charge in [-0.2, -0.15) is 0 Å². The lowest BCUT2D eigenvalue weighted by Gasteiger charge is -2.03. The molecule has 0 atom stereocenters. The van der Waals surface area contributed by atoms with E-state index in [9.17, 15) is 0 Å². The van der Waals surface area contributed by atoms with E-state index < -0.39 is 0 Å². The van der Waals surface area contributed by atoms with Crippen LogP contribution in [0.1, 0.15) is 0 Å². The highest BCUT2D eigenvalue weighted by atomic mass is 79.9. The Bertz CT molecular complexity index is 900. The predicted octanol–water partition coefficient (Wildman–Crippen LogP) is 4.78. The summed E-state index contributed by atoms with van der Waals surface area (Å²) in [5.74, 6) is 0. The van der Waals surface area contributed by atoms with Crippen LogP contribution in [0.5, 0.6) is 0 Å². The number of hydrogen-bond donors (Lipinski definition) is 0. The average Bonchev–Trinajstić information content (AvgIpc) is 3.19. The van der Waals surface area contributed by atoms with E-state index in [0.29, 0.717) is 0 Å². The van der Waals surface area contributed by atoms with E-state index in [1.165, 1.54) is 0 Å². The first-order valence-electron chi connectivity index (χ1n) is 6.23. The smallest absolute Gasteiger partial charge is 0.145 e. The summed E-state index contributed by atoms with van der Waals surface area (Å²) in [5, 5.41) is 15.7. The Morgan fingerprint density at radius 3 is 2.57 bits per heavy atom. The molecule has 3 heterocycles. The number of aromatic nitrogens is 3. The zero-order valence-corrected chi connectivity index (χ0v) is 13.1. The number of nitrogens with zero attached hydrogens (tertiary/aromatic N) is 3. The van der Waals surface area contributed by atoms with Crippen LogP contribution in [0.15, 0.2) is 57.0 Å². The Labute approximate surface area is 132 Å². The molecule has 0 spiro atoms. The van der Waals surface area contributed by atoms with Crippen molar-refractivity contribution in [1.82, 2.24) is 15.4 Å². The largest absolute Gasteiger partial charge is 0.363 e. The quantitative estimate of drug-likeness (QED) is 0.518. The molecular weight excluding hydrogens is 350 g/mol. The molecule has 0 N–H and O–H groups in total. The third-order valence-electron chi connectivity index (χ3n) is 3.17. The molecule has 0 unspecified atom stereocenters. The molecule has 0 saturated heterocycles. The molecule has 3 aromatic heterocycles. The normalized spacial score (nSPS) is 11.1. The van der Waals surface area contributed by atoms with Crippen molar-refractivity contribution in [2.45, 2.75) is 0 Å². The molecule has 0 aliphatic carbocycles. The molecule has 0 radical (unpaired) electrons. The summed E-state index contributed by atoms with van der Waals surface area (Å²) in [6.45, 7) is 0. The first-order valence-corrected chi connectivity index (χ1v) is 7.91. The standard InChI is InChI=1S/C15H8BrN3OS/c16-10-5-3-9(4-6-10)13-11-8-20-19-14(11)15(18-17-13)12-2-1-7-21-12/h1-8H. The molecule has 21 heavy (non-hydrogen) atoms. The maximum Gasteiger partial charge on any atom is 0.145 e. The van der Waals surface area contributed by atoms with Gasteiger partial charge in [-0.1, -0.05) is 39.3 Å². The second-order valence-corrected chi connectivity index (χ2v) is 6.32.